The number of hydrogen-bond donors (Lipinski definition) is 1. The summed E-state index contributed by atoms with van der Waals surface area (Å²) >= 11 is 0. The van der Waals surface area contributed by atoms with Crippen LogP contribution in [0.3, 0.4) is 0 Å². The molecule has 7 nitrogen and oxygen atoms in total. The molecule has 0 saturated carbocycles. The van der Waals surface area contributed by atoms with Crippen LogP contribution in [-0.2, 0) is 23.9 Å². The first-order valence-electron chi connectivity index (χ1n) is 8.82. The van der Waals surface area contributed by atoms with Crippen molar-refractivity contribution in [1.82, 2.24) is 10.2 Å². The average molecular weight is 368 g/mol. The van der Waals surface area contributed by atoms with Crippen LogP contribution in [-0.4, -0.2) is 59.6 Å². The van der Waals surface area contributed by atoms with Gasteiger partial charge in [-0.1, -0.05) is 12.2 Å². The number of rotatable bonds is 6. The van der Waals surface area contributed by atoms with Crippen molar-refractivity contribution in [2.24, 2.45) is 0 Å². The lowest BCUT2D eigenvalue weighted by molar-refractivity contribution is -0.166. The van der Waals surface area contributed by atoms with Crippen LogP contribution in [0.4, 0.5) is 0 Å². The monoisotopic (exact) mass is 368 g/mol. The third-order valence-electron chi connectivity index (χ3n) is 4.79. The summed E-state index contributed by atoms with van der Waals surface area (Å²) in [4.78, 5) is 38.6. The maximum Gasteiger partial charge on any atom is 0.331 e. The number of piperidine rings is 1. The quantitative estimate of drug-likeness (QED) is 0.568. The van der Waals surface area contributed by atoms with Gasteiger partial charge in [-0.05, 0) is 47.5 Å². The number of amides is 1. The molecular weight excluding hydrogens is 336 g/mol. The van der Waals surface area contributed by atoms with Gasteiger partial charge in [0.25, 0.3) is 0 Å². The standard InChI is InChI=1S/C19H32N2O5/c1-8-9-10-26-15(23)11-21-17(3,4)12-19(16(24)25-7,20-14(2)22)13-18(21,5)6/h8-9H,10-13H2,1-7H3,(H,20,22)/b9-8+. The Morgan fingerprint density at radius 1 is 1.12 bits per heavy atom. The van der Waals surface area contributed by atoms with Gasteiger partial charge in [0, 0.05) is 18.0 Å². The van der Waals surface area contributed by atoms with E-state index in [-0.39, 0.29) is 25.0 Å². The fraction of sp³-hybridized carbons (Fsp3) is 0.737. The molecule has 0 aromatic heterocycles. The van der Waals surface area contributed by atoms with Gasteiger partial charge < -0.3 is 14.8 Å². The molecular formula is C19H32N2O5. The van der Waals surface area contributed by atoms with E-state index in [4.69, 9.17) is 9.47 Å². The third-order valence-corrected chi connectivity index (χ3v) is 4.79. The topological polar surface area (TPSA) is 84.9 Å². The number of hydrogen-bond acceptors (Lipinski definition) is 6. The van der Waals surface area contributed by atoms with Crippen molar-refractivity contribution in [3.05, 3.63) is 12.2 Å². The van der Waals surface area contributed by atoms with E-state index >= 15 is 0 Å². The minimum absolute atomic E-state index is 0.106. The van der Waals surface area contributed by atoms with E-state index < -0.39 is 22.6 Å². The Morgan fingerprint density at radius 3 is 2.08 bits per heavy atom. The Hall–Kier alpha value is -1.89. The second-order valence-corrected chi connectivity index (χ2v) is 8.07. The van der Waals surface area contributed by atoms with Crippen molar-refractivity contribution in [2.45, 2.75) is 71.0 Å². The normalized spacial score (nSPS) is 21.2. The predicted octanol–water partition coefficient (Wildman–Crippen LogP) is 1.81. The smallest absolute Gasteiger partial charge is 0.331 e. The Bertz CT molecular complexity index is 562. The van der Waals surface area contributed by atoms with Crippen LogP contribution < -0.4 is 5.32 Å². The summed E-state index contributed by atoms with van der Waals surface area (Å²) in [6.45, 7) is 11.4. The summed E-state index contributed by atoms with van der Waals surface area (Å²) in [5.74, 6) is -1.08. The highest BCUT2D eigenvalue weighted by molar-refractivity contribution is 5.87. The summed E-state index contributed by atoms with van der Waals surface area (Å²) in [6, 6.07) is 0. The third kappa shape index (κ3) is 5.06. The van der Waals surface area contributed by atoms with Crippen molar-refractivity contribution < 1.29 is 23.9 Å². The van der Waals surface area contributed by atoms with Gasteiger partial charge in [0.2, 0.25) is 5.91 Å². The van der Waals surface area contributed by atoms with Crippen LogP contribution in [0.15, 0.2) is 12.2 Å². The zero-order valence-corrected chi connectivity index (χ0v) is 17.0. The average Bonchev–Trinajstić information content (AvgIpc) is 2.48. The molecule has 148 valence electrons. The van der Waals surface area contributed by atoms with Crippen LogP contribution in [0.5, 0.6) is 0 Å². The lowest BCUT2D eigenvalue weighted by atomic mass is 9.68. The molecule has 0 spiro atoms. The van der Waals surface area contributed by atoms with Gasteiger partial charge in [-0.25, -0.2) is 4.79 Å². The van der Waals surface area contributed by atoms with E-state index in [1.165, 1.54) is 14.0 Å². The summed E-state index contributed by atoms with van der Waals surface area (Å²) in [5, 5.41) is 2.81. The molecule has 0 aromatic rings. The molecule has 26 heavy (non-hydrogen) atoms. The van der Waals surface area contributed by atoms with Crippen LogP contribution in [0, 0.1) is 0 Å². The Balaban J connectivity index is 3.12. The van der Waals surface area contributed by atoms with Gasteiger partial charge in [0.05, 0.1) is 13.7 Å². The van der Waals surface area contributed by atoms with Gasteiger partial charge in [0.1, 0.15) is 12.1 Å². The Morgan fingerprint density at radius 2 is 1.65 bits per heavy atom. The Labute approximate surface area is 156 Å². The van der Waals surface area contributed by atoms with Crippen molar-refractivity contribution in [2.75, 3.05) is 20.3 Å². The highest BCUT2D eigenvalue weighted by Gasteiger charge is 2.57. The van der Waals surface area contributed by atoms with Crippen molar-refractivity contribution in [1.29, 1.82) is 0 Å². The van der Waals surface area contributed by atoms with E-state index in [0.29, 0.717) is 12.8 Å². The van der Waals surface area contributed by atoms with Crippen molar-refractivity contribution in [3.63, 3.8) is 0 Å². The summed E-state index contributed by atoms with van der Waals surface area (Å²) < 4.78 is 10.2. The molecule has 1 aliphatic rings. The number of methoxy groups -OCH3 is 1. The predicted molar refractivity (Wildman–Crippen MR) is 98.4 cm³/mol. The zero-order chi connectivity index (χ0) is 20.2. The Kier molecular flexibility index (Phi) is 6.99. The first-order valence-corrected chi connectivity index (χ1v) is 8.82. The number of ether oxygens (including phenoxy) is 2. The maximum atomic E-state index is 12.5. The van der Waals surface area contributed by atoms with Crippen molar-refractivity contribution >= 4 is 17.8 Å². The molecule has 0 atom stereocenters. The van der Waals surface area contributed by atoms with Crippen LogP contribution in [0.1, 0.15) is 54.4 Å². The van der Waals surface area contributed by atoms with E-state index in [1.54, 1.807) is 6.08 Å². The molecule has 1 aliphatic heterocycles. The van der Waals surface area contributed by atoms with E-state index in [0.717, 1.165) is 0 Å². The van der Waals surface area contributed by atoms with E-state index in [9.17, 15) is 14.4 Å². The lowest BCUT2D eigenvalue weighted by Crippen LogP contribution is -2.72. The molecule has 0 unspecified atom stereocenters. The van der Waals surface area contributed by atoms with Gasteiger partial charge in [0.15, 0.2) is 0 Å². The number of nitrogens with one attached hydrogen (secondary N) is 1. The SMILES string of the molecule is C/C=C/COC(=O)CN1C(C)(C)CC(NC(C)=O)(C(=O)OC)CC1(C)C. The number of likely N-dealkylation sites (tertiary alicyclic amines) is 1. The summed E-state index contributed by atoms with van der Waals surface area (Å²) in [7, 11) is 1.32. The lowest BCUT2D eigenvalue weighted by Gasteiger charge is -2.58. The minimum Gasteiger partial charge on any atom is -0.467 e. The largest absolute Gasteiger partial charge is 0.467 e. The number of carbonyl (C=O) groups is 3. The van der Waals surface area contributed by atoms with E-state index in [2.05, 4.69) is 5.32 Å². The van der Waals surface area contributed by atoms with E-state index in [1.807, 2.05) is 45.6 Å². The molecule has 1 amide bonds. The molecule has 1 heterocycles. The highest BCUT2D eigenvalue weighted by atomic mass is 16.5. The number of nitrogens with zero attached hydrogens (tertiary/aromatic N) is 1. The van der Waals surface area contributed by atoms with Gasteiger partial charge in [-0.3, -0.25) is 14.5 Å². The molecule has 1 saturated heterocycles. The summed E-state index contributed by atoms with van der Waals surface area (Å²) in [5.41, 5.74) is -2.21. The van der Waals surface area contributed by atoms with Crippen LogP contribution in [0.25, 0.3) is 0 Å². The second-order valence-electron chi connectivity index (χ2n) is 8.07. The molecule has 1 N–H and O–H groups in total. The van der Waals surface area contributed by atoms with Gasteiger partial charge in [-0.15, -0.1) is 0 Å². The van der Waals surface area contributed by atoms with Crippen molar-refractivity contribution in [3.8, 4) is 0 Å². The second kappa shape index (κ2) is 8.20. The molecule has 0 radical (unpaired) electrons. The molecule has 0 bridgehead atoms. The number of carbonyl (C=O) groups excluding carboxylic acids is 3. The number of allylic oxidation sites excluding steroid dienone is 1. The first-order chi connectivity index (χ1) is 11.9. The number of esters is 2. The van der Waals surface area contributed by atoms with Gasteiger partial charge in [-0.2, -0.15) is 0 Å². The van der Waals surface area contributed by atoms with Crippen LogP contribution >= 0.6 is 0 Å². The van der Waals surface area contributed by atoms with Gasteiger partial charge >= 0.3 is 11.9 Å². The highest BCUT2D eigenvalue weighted by Crippen LogP contribution is 2.44. The zero-order valence-electron chi connectivity index (χ0n) is 17.0. The summed E-state index contributed by atoms with van der Waals surface area (Å²) in [6.07, 6.45) is 4.25. The molecule has 0 aromatic carbocycles. The first kappa shape index (κ1) is 22.2. The fourth-order valence-electron chi connectivity index (χ4n) is 4.21. The minimum atomic E-state index is -1.13. The molecule has 7 heteroatoms. The van der Waals surface area contributed by atoms with Crippen LogP contribution in [0.2, 0.25) is 0 Å². The fourth-order valence-corrected chi connectivity index (χ4v) is 4.21. The molecule has 0 aliphatic carbocycles. The maximum absolute atomic E-state index is 12.5. The molecule has 1 rings (SSSR count). The molecule has 1 fully saturated rings.